The topological polar surface area (TPSA) is 89.8 Å². The average molecular weight is 489 g/mol. The summed E-state index contributed by atoms with van der Waals surface area (Å²) < 4.78 is 15.8. The molecule has 0 bridgehead atoms. The molecule has 0 aliphatic heterocycles. The van der Waals surface area contributed by atoms with E-state index in [2.05, 4.69) is 10.6 Å². The number of rotatable bonds is 9. The lowest BCUT2D eigenvalue weighted by atomic mass is 10.1. The highest BCUT2D eigenvalue weighted by Crippen LogP contribution is 2.38. The molecule has 1 atom stereocenters. The van der Waals surface area contributed by atoms with Crippen molar-refractivity contribution in [3.05, 3.63) is 103 Å². The maximum Gasteiger partial charge on any atom is 0.291 e. The first-order chi connectivity index (χ1) is 17.1. The molecular weight excluding hydrogens is 464 g/mol. The van der Waals surface area contributed by atoms with Gasteiger partial charge in [-0.2, -0.15) is 0 Å². The fraction of sp³-hybridized carbons (Fsp3) is 0.111. The van der Waals surface area contributed by atoms with Crippen LogP contribution in [0.25, 0.3) is 0 Å². The molecule has 8 heteroatoms. The zero-order valence-corrected chi connectivity index (χ0v) is 20.0. The van der Waals surface area contributed by atoms with Crippen LogP contribution >= 0.6 is 11.8 Å². The third kappa shape index (κ3) is 6.04. The van der Waals surface area contributed by atoms with E-state index in [-0.39, 0.29) is 17.6 Å². The van der Waals surface area contributed by atoms with Gasteiger partial charge in [-0.25, -0.2) is 0 Å². The van der Waals surface area contributed by atoms with E-state index in [4.69, 9.17) is 13.9 Å². The van der Waals surface area contributed by atoms with Gasteiger partial charge in [0.05, 0.1) is 26.2 Å². The Hall–Kier alpha value is -4.17. The van der Waals surface area contributed by atoms with E-state index in [1.165, 1.54) is 25.1 Å². The zero-order chi connectivity index (χ0) is 24.6. The van der Waals surface area contributed by atoms with Crippen molar-refractivity contribution in [3.8, 4) is 11.5 Å². The average Bonchev–Trinajstić information content (AvgIpc) is 3.43. The van der Waals surface area contributed by atoms with Gasteiger partial charge in [0.15, 0.2) is 5.76 Å². The van der Waals surface area contributed by atoms with Crippen LogP contribution in [0.15, 0.2) is 101 Å². The maximum atomic E-state index is 13.5. The van der Waals surface area contributed by atoms with Gasteiger partial charge >= 0.3 is 0 Å². The predicted molar refractivity (Wildman–Crippen MR) is 136 cm³/mol. The van der Waals surface area contributed by atoms with Gasteiger partial charge in [0.2, 0.25) is 5.91 Å². The Labute approximate surface area is 207 Å². The van der Waals surface area contributed by atoms with Crippen molar-refractivity contribution in [1.82, 2.24) is 0 Å². The van der Waals surface area contributed by atoms with Gasteiger partial charge in [0.1, 0.15) is 16.7 Å². The Kier molecular flexibility index (Phi) is 7.74. The third-order valence-electron chi connectivity index (χ3n) is 5.10. The molecule has 1 unspecified atom stereocenters. The minimum atomic E-state index is -0.556. The van der Waals surface area contributed by atoms with Crippen LogP contribution in [0.4, 0.5) is 11.4 Å². The summed E-state index contributed by atoms with van der Waals surface area (Å²) >= 11 is 1.38. The molecule has 7 nitrogen and oxygen atoms in total. The number of carbonyl (C=O) groups excluding carboxylic acids is 2. The molecule has 2 N–H and O–H groups in total. The molecule has 0 spiro atoms. The van der Waals surface area contributed by atoms with Crippen LogP contribution in [-0.4, -0.2) is 26.0 Å². The summed E-state index contributed by atoms with van der Waals surface area (Å²) in [5.41, 5.74) is 1.98. The highest BCUT2D eigenvalue weighted by molar-refractivity contribution is 8.00. The van der Waals surface area contributed by atoms with E-state index < -0.39 is 5.25 Å². The second-order valence-corrected chi connectivity index (χ2v) is 8.60. The molecule has 4 rings (SSSR count). The number of anilines is 2. The van der Waals surface area contributed by atoms with Crippen LogP contribution in [0.3, 0.4) is 0 Å². The second-order valence-electron chi connectivity index (χ2n) is 7.42. The van der Waals surface area contributed by atoms with Gasteiger partial charge in [-0.15, -0.1) is 11.8 Å². The summed E-state index contributed by atoms with van der Waals surface area (Å²) in [7, 11) is 3.11. The zero-order valence-electron chi connectivity index (χ0n) is 19.2. The van der Waals surface area contributed by atoms with Gasteiger partial charge in [0, 0.05) is 16.6 Å². The van der Waals surface area contributed by atoms with Gasteiger partial charge in [0.25, 0.3) is 5.91 Å². The summed E-state index contributed by atoms with van der Waals surface area (Å²) in [6.07, 6.45) is 1.45. The molecule has 3 aromatic carbocycles. The number of hydrogen-bond acceptors (Lipinski definition) is 6. The second kappa shape index (κ2) is 11.3. The molecule has 1 heterocycles. The molecule has 2 amide bonds. The van der Waals surface area contributed by atoms with Crippen molar-refractivity contribution >= 4 is 35.0 Å². The lowest BCUT2D eigenvalue weighted by molar-refractivity contribution is -0.115. The van der Waals surface area contributed by atoms with Crippen molar-refractivity contribution in [2.75, 3.05) is 24.9 Å². The first-order valence-corrected chi connectivity index (χ1v) is 11.6. The summed E-state index contributed by atoms with van der Waals surface area (Å²) in [6, 6.07) is 25.3. The lowest BCUT2D eigenvalue weighted by Crippen LogP contribution is -2.19. The summed E-state index contributed by atoms with van der Waals surface area (Å²) in [5.74, 6) is 0.785. The van der Waals surface area contributed by atoms with Crippen LogP contribution in [-0.2, 0) is 4.79 Å². The highest BCUT2D eigenvalue weighted by atomic mass is 32.2. The fourth-order valence-electron chi connectivity index (χ4n) is 3.38. The SMILES string of the molecule is COc1ccc(NC(=O)C(Sc2cccc(NC(=O)c3ccco3)c2)c2ccccc2)c(OC)c1. The molecule has 1 aromatic heterocycles. The molecule has 0 aliphatic rings. The standard InChI is InChI=1S/C27H24N2O5S/c1-32-20-13-14-22(24(17-20)33-2)29-27(31)25(18-8-4-3-5-9-18)35-21-11-6-10-19(16-21)28-26(30)23-12-7-15-34-23/h3-17,25H,1-2H3,(H,28,30)(H,29,31). The van der Waals surface area contributed by atoms with E-state index in [0.717, 1.165) is 10.5 Å². The lowest BCUT2D eigenvalue weighted by Gasteiger charge is -2.19. The minimum absolute atomic E-state index is 0.213. The normalized spacial score (nSPS) is 11.4. The Balaban J connectivity index is 1.56. The van der Waals surface area contributed by atoms with Crippen LogP contribution in [0, 0.1) is 0 Å². The van der Waals surface area contributed by atoms with Crippen LogP contribution in [0.2, 0.25) is 0 Å². The Morgan fingerprint density at radius 2 is 1.69 bits per heavy atom. The number of benzene rings is 3. The van der Waals surface area contributed by atoms with Gasteiger partial charge < -0.3 is 24.5 Å². The number of ether oxygens (including phenoxy) is 2. The number of methoxy groups -OCH3 is 2. The van der Waals surface area contributed by atoms with E-state index >= 15 is 0 Å². The summed E-state index contributed by atoms with van der Waals surface area (Å²) in [4.78, 5) is 26.6. The van der Waals surface area contributed by atoms with Crippen LogP contribution in [0.1, 0.15) is 21.4 Å². The molecule has 4 aromatic rings. The first-order valence-electron chi connectivity index (χ1n) is 10.8. The Morgan fingerprint density at radius 3 is 2.40 bits per heavy atom. The van der Waals surface area contributed by atoms with Crippen LogP contribution in [0.5, 0.6) is 11.5 Å². The minimum Gasteiger partial charge on any atom is -0.497 e. The number of thioether (sulfide) groups is 1. The molecule has 0 radical (unpaired) electrons. The fourth-order valence-corrected chi connectivity index (χ4v) is 4.47. The third-order valence-corrected chi connectivity index (χ3v) is 6.35. The smallest absolute Gasteiger partial charge is 0.291 e. The van der Waals surface area contributed by atoms with Crippen molar-refractivity contribution in [3.63, 3.8) is 0 Å². The van der Waals surface area contributed by atoms with Crippen molar-refractivity contribution in [1.29, 1.82) is 0 Å². The number of nitrogens with one attached hydrogen (secondary N) is 2. The summed E-state index contributed by atoms with van der Waals surface area (Å²) in [5, 5.41) is 5.24. The van der Waals surface area contributed by atoms with Gasteiger partial charge in [-0.05, 0) is 48.0 Å². The van der Waals surface area contributed by atoms with Crippen molar-refractivity contribution in [2.45, 2.75) is 10.1 Å². The number of amides is 2. The van der Waals surface area contributed by atoms with E-state index in [1.54, 1.807) is 43.5 Å². The number of furan rings is 1. The maximum absolute atomic E-state index is 13.5. The number of carbonyl (C=O) groups is 2. The first kappa shape index (κ1) is 24.0. The Morgan fingerprint density at radius 1 is 0.857 bits per heavy atom. The number of hydrogen-bond donors (Lipinski definition) is 2. The van der Waals surface area contributed by atoms with Crippen molar-refractivity contribution < 1.29 is 23.5 Å². The van der Waals surface area contributed by atoms with E-state index in [1.807, 2.05) is 48.5 Å². The van der Waals surface area contributed by atoms with Crippen molar-refractivity contribution in [2.24, 2.45) is 0 Å². The molecule has 178 valence electrons. The highest BCUT2D eigenvalue weighted by Gasteiger charge is 2.23. The van der Waals surface area contributed by atoms with Gasteiger partial charge in [-0.1, -0.05) is 36.4 Å². The predicted octanol–water partition coefficient (Wildman–Crippen LogP) is 6.02. The molecule has 0 saturated carbocycles. The molecule has 0 saturated heterocycles. The molecule has 35 heavy (non-hydrogen) atoms. The monoisotopic (exact) mass is 488 g/mol. The largest absolute Gasteiger partial charge is 0.497 e. The Bertz CT molecular complexity index is 1290. The van der Waals surface area contributed by atoms with Crippen LogP contribution < -0.4 is 20.1 Å². The summed E-state index contributed by atoms with van der Waals surface area (Å²) in [6.45, 7) is 0. The quantitative estimate of drug-likeness (QED) is 0.280. The molecular formula is C27H24N2O5S. The van der Waals surface area contributed by atoms with E-state index in [9.17, 15) is 9.59 Å². The van der Waals surface area contributed by atoms with Gasteiger partial charge in [-0.3, -0.25) is 9.59 Å². The van der Waals surface area contributed by atoms with E-state index in [0.29, 0.717) is 22.9 Å². The molecule has 0 fully saturated rings. The molecule has 0 aliphatic carbocycles.